The molecular formula is C2H2BN2O. The first kappa shape index (κ1) is 3.40. The molecule has 1 aliphatic heterocycles. The van der Waals surface area contributed by atoms with E-state index in [-0.39, 0.29) is 0 Å². The van der Waals surface area contributed by atoms with Gasteiger partial charge in [-0.2, -0.15) is 10.1 Å². The van der Waals surface area contributed by atoms with Gasteiger partial charge in [0.15, 0.2) is 0 Å². The quantitative estimate of drug-likeness (QED) is 0.390. The van der Waals surface area contributed by atoms with Crippen molar-refractivity contribution in [2.45, 2.75) is 0 Å². The third-order valence-electron chi connectivity index (χ3n) is 0.381. The van der Waals surface area contributed by atoms with Gasteiger partial charge in [0.2, 0.25) is 0 Å². The first-order chi connectivity index (χ1) is 3.00. The van der Waals surface area contributed by atoms with E-state index >= 15 is 0 Å². The van der Waals surface area contributed by atoms with E-state index in [2.05, 4.69) is 14.8 Å². The molecule has 6 heavy (non-hydrogen) atoms. The molecule has 0 fully saturated rings. The summed E-state index contributed by atoms with van der Waals surface area (Å²) in [6, 6.07) is 0. The molecule has 4 heteroatoms. The lowest BCUT2D eigenvalue weighted by atomic mass is 10.3. The van der Waals surface area contributed by atoms with Gasteiger partial charge >= 0.3 is 7.62 Å². The molecule has 0 bridgehead atoms. The van der Waals surface area contributed by atoms with Crippen LogP contribution in [0.5, 0.6) is 0 Å². The zero-order chi connectivity index (χ0) is 4.24. The van der Waals surface area contributed by atoms with Gasteiger partial charge in [-0.05, 0) is 0 Å². The van der Waals surface area contributed by atoms with Crippen molar-refractivity contribution >= 4 is 7.62 Å². The van der Waals surface area contributed by atoms with Crippen molar-refractivity contribution in [3.8, 4) is 0 Å². The average Bonchev–Trinajstić information content (AvgIpc) is 1.72. The van der Waals surface area contributed by atoms with Crippen LogP contribution in [-0.2, 0) is 4.65 Å². The van der Waals surface area contributed by atoms with Crippen LogP contribution in [0.3, 0.4) is 0 Å². The van der Waals surface area contributed by atoms with Gasteiger partial charge in [-0.3, -0.25) is 0 Å². The largest absolute Gasteiger partial charge is 0.561 e. The number of rotatable bonds is 0. The molecule has 0 aliphatic carbocycles. The van der Waals surface area contributed by atoms with Gasteiger partial charge < -0.3 is 4.65 Å². The van der Waals surface area contributed by atoms with Crippen LogP contribution in [-0.4, -0.2) is 7.62 Å². The summed E-state index contributed by atoms with van der Waals surface area (Å²) in [4.78, 5) is 0. The van der Waals surface area contributed by atoms with E-state index in [4.69, 9.17) is 0 Å². The van der Waals surface area contributed by atoms with Gasteiger partial charge in [0, 0.05) is 0 Å². The molecular weight excluding hydrogens is 78.8 g/mol. The molecule has 1 aliphatic rings. The summed E-state index contributed by atoms with van der Waals surface area (Å²) in [6.07, 6.45) is 2.92. The number of nitrogens with zero attached hydrogens (tertiary/aromatic N) is 2. The smallest absolute Gasteiger partial charge is 0.545 e. The van der Waals surface area contributed by atoms with Gasteiger partial charge in [-0.15, -0.1) is 0 Å². The average molecular weight is 80.9 g/mol. The number of hydrogen-bond donors (Lipinski definition) is 0. The van der Waals surface area contributed by atoms with E-state index in [1.807, 2.05) is 0 Å². The Hall–Kier alpha value is -0.795. The van der Waals surface area contributed by atoms with E-state index in [9.17, 15) is 0 Å². The molecule has 0 spiro atoms. The Balaban J connectivity index is 2.46. The molecule has 1 heterocycles. The summed E-state index contributed by atoms with van der Waals surface area (Å²) in [5, 5.41) is 6.81. The fourth-order valence-electron chi connectivity index (χ4n) is 0.190. The molecule has 0 amide bonds. The first-order valence-electron chi connectivity index (χ1n) is 1.52. The zero-order valence-corrected chi connectivity index (χ0v) is 3.03. The van der Waals surface area contributed by atoms with Gasteiger partial charge in [0.25, 0.3) is 0 Å². The van der Waals surface area contributed by atoms with E-state index in [0.717, 1.165) is 0 Å². The minimum absolute atomic E-state index is 1.26. The maximum Gasteiger partial charge on any atom is 0.561 e. The third-order valence-corrected chi connectivity index (χ3v) is 0.381. The summed E-state index contributed by atoms with van der Waals surface area (Å²) in [5.74, 6) is 0. The molecule has 0 N–H and O–H groups in total. The minimum Gasteiger partial charge on any atom is -0.545 e. The normalized spacial score (nSPS) is 16.0. The zero-order valence-electron chi connectivity index (χ0n) is 3.03. The second kappa shape index (κ2) is 1.59. The lowest BCUT2D eigenvalue weighted by molar-refractivity contribution is 0.503. The molecule has 29 valence electrons. The van der Waals surface area contributed by atoms with Gasteiger partial charge in [-0.25, -0.2) is 0 Å². The summed E-state index contributed by atoms with van der Waals surface area (Å²) < 4.78 is 4.50. The Morgan fingerprint density at radius 2 is 2.67 bits per heavy atom. The standard InChI is InChI=1S/C2H2BN2O/c1-2-6-3-5-4-1/h1-2H. The van der Waals surface area contributed by atoms with Crippen LogP contribution in [0.25, 0.3) is 0 Å². The fourth-order valence-corrected chi connectivity index (χ4v) is 0.190. The summed E-state index contributed by atoms with van der Waals surface area (Å²) in [6.45, 7) is 0. The SMILES string of the molecule is [B]1N=NC=CO1. The van der Waals surface area contributed by atoms with Crippen LogP contribution >= 0.6 is 0 Å². The van der Waals surface area contributed by atoms with Gasteiger partial charge in [0.1, 0.15) is 0 Å². The second-order valence-corrected chi connectivity index (χ2v) is 0.758. The molecule has 0 aromatic rings. The van der Waals surface area contributed by atoms with Crippen LogP contribution in [0.4, 0.5) is 0 Å². The van der Waals surface area contributed by atoms with Gasteiger partial charge in [0.05, 0.1) is 12.5 Å². The van der Waals surface area contributed by atoms with Gasteiger partial charge in [-0.1, -0.05) is 0 Å². The van der Waals surface area contributed by atoms with Crippen molar-refractivity contribution < 1.29 is 4.65 Å². The maximum absolute atomic E-state index is 4.50. The van der Waals surface area contributed by atoms with Crippen molar-refractivity contribution in [2.24, 2.45) is 10.1 Å². The molecule has 0 aromatic carbocycles. The van der Waals surface area contributed by atoms with Crippen molar-refractivity contribution in [2.75, 3.05) is 0 Å². The highest BCUT2D eigenvalue weighted by Gasteiger charge is 1.86. The number of hydrogen-bond acceptors (Lipinski definition) is 3. The molecule has 0 saturated heterocycles. The highest BCUT2D eigenvalue weighted by Crippen LogP contribution is 1.85. The van der Waals surface area contributed by atoms with Crippen LogP contribution in [0, 0.1) is 0 Å². The second-order valence-electron chi connectivity index (χ2n) is 0.758. The van der Waals surface area contributed by atoms with Crippen LogP contribution in [0.1, 0.15) is 0 Å². The summed E-state index contributed by atoms with van der Waals surface area (Å²) in [5.41, 5.74) is 0. The third kappa shape index (κ3) is 0.575. The van der Waals surface area contributed by atoms with Crippen LogP contribution in [0.2, 0.25) is 0 Å². The monoisotopic (exact) mass is 81.0 g/mol. The van der Waals surface area contributed by atoms with Crippen molar-refractivity contribution in [1.82, 2.24) is 0 Å². The van der Waals surface area contributed by atoms with Crippen LogP contribution in [0.15, 0.2) is 22.6 Å². The van der Waals surface area contributed by atoms with Crippen molar-refractivity contribution in [3.05, 3.63) is 12.5 Å². The summed E-state index contributed by atoms with van der Waals surface area (Å²) in [7, 11) is 1.26. The molecule has 1 rings (SSSR count). The summed E-state index contributed by atoms with van der Waals surface area (Å²) >= 11 is 0. The predicted molar refractivity (Wildman–Crippen MR) is 20.8 cm³/mol. The van der Waals surface area contributed by atoms with E-state index in [1.165, 1.54) is 20.1 Å². The molecule has 3 nitrogen and oxygen atoms in total. The van der Waals surface area contributed by atoms with Crippen molar-refractivity contribution in [1.29, 1.82) is 0 Å². The Bertz CT molecular complexity index is 77.5. The lowest BCUT2D eigenvalue weighted by Crippen LogP contribution is -1.87. The topological polar surface area (TPSA) is 34.0 Å². The van der Waals surface area contributed by atoms with E-state index in [0.29, 0.717) is 0 Å². The molecule has 0 saturated carbocycles. The predicted octanol–water partition coefficient (Wildman–Crippen LogP) is 0.474. The Kier molecular flexibility index (Phi) is 0.903. The highest BCUT2D eigenvalue weighted by molar-refractivity contribution is 6.24. The molecule has 0 aromatic heterocycles. The Labute approximate surface area is 36.0 Å². The highest BCUT2D eigenvalue weighted by atomic mass is 16.4. The van der Waals surface area contributed by atoms with E-state index in [1.54, 1.807) is 0 Å². The Morgan fingerprint density at radius 3 is 2.83 bits per heavy atom. The van der Waals surface area contributed by atoms with E-state index < -0.39 is 0 Å². The Morgan fingerprint density at radius 1 is 1.67 bits per heavy atom. The van der Waals surface area contributed by atoms with Crippen LogP contribution < -0.4 is 0 Å². The fraction of sp³-hybridized carbons (Fsp3) is 0. The first-order valence-corrected chi connectivity index (χ1v) is 1.52. The minimum atomic E-state index is 1.26. The maximum atomic E-state index is 4.50. The molecule has 0 unspecified atom stereocenters. The molecule has 0 atom stereocenters. The lowest BCUT2D eigenvalue weighted by Gasteiger charge is -1.90. The van der Waals surface area contributed by atoms with Crippen molar-refractivity contribution in [3.63, 3.8) is 0 Å². The molecule has 1 radical (unpaired) electrons.